The third kappa shape index (κ3) is 7.22. The van der Waals surface area contributed by atoms with Crippen molar-refractivity contribution in [2.45, 2.75) is 117 Å². The largest absolute Gasteiger partial charge is 0.460 e. The molecule has 0 N–H and O–H groups in total. The molecule has 1 aliphatic carbocycles. The molecule has 2 aliphatic rings. The van der Waals surface area contributed by atoms with Crippen LogP contribution >= 0.6 is 0 Å². The number of carbonyl (C=O) groups is 2. The molecule has 1 heterocycles. The average Bonchev–Trinajstić information content (AvgIpc) is 3.05. The van der Waals surface area contributed by atoms with Crippen LogP contribution in [0.3, 0.4) is 0 Å². The van der Waals surface area contributed by atoms with Gasteiger partial charge in [0.25, 0.3) is 0 Å². The number of unbranched alkanes of at least 4 members (excludes halogenated alkanes) is 9. The summed E-state index contributed by atoms with van der Waals surface area (Å²) < 4.78 is 5.43. The van der Waals surface area contributed by atoms with E-state index in [2.05, 4.69) is 24.8 Å². The first-order valence-electron chi connectivity index (χ1n) is 12.8. The zero-order chi connectivity index (χ0) is 22.7. The summed E-state index contributed by atoms with van der Waals surface area (Å²) in [4.78, 5) is 27.8. The predicted octanol–water partition coefficient (Wildman–Crippen LogP) is 6.74. The Kier molecular flexibility index (Phi) is 10.8. The molecule has 0 bridgehead atoms. The van der Waals surface area contributed by atoms with Crippen LogP contribution in [0.4, 0.5) is 0 Å². The lowest BCUT2D eigenvalue weighted by Crippen LogP contribution is -2.52. The van der Waals surface area contributed by atoms with E-state index in [1.807, 2.05) is 19.9 Å². The van der Waals surface area contributed by atoms with Crippen molar-refractivity contribution >= 4 is 11.9 Å². The fourth-order valence-corrected chi connectivity index (χ4v) is 4.67. The Hall–Kier alpha value is -1.58. The van der Waals surface area contributed by atoms with Crippen molar-refractivity contribution in [1.82, 2.24) is 4.90 Å². The second kappa shape index (κ2) is 13.1. The van der Waals surface area contributed by atoms with E-state index < -0.39 is 5.41 Å². The highest BCUT2D eigenvalue weighted by Crippen LogP contribution is 2.50. The zero-order valence-electron chi connectivity index (χ0n) is 20.5. The summed E-state index contributed by atoms with van der Waals surface area (Å²) in [6, 6.07) is 0. The van der Waals surface area contributed by atoms with E-state index in [0.29, 0.717) is 12.8 Å². The van der Waals surface area contributed by atoms with Crippen LogP contribution in [-0.2, 0) is 14.3 Å². The number of nitrogens with zero attached hydrogens (tertiary/aromatic N) is 1. The van der Waals surface area contributed by atoms with Crippen molar-refractivity contribution in [2.24, 2.45) is 5.41 Å². The highest BCUT2D eigenvalue weighted by molar-refractivity contribution is 5.98. The monoisotopic (exact) mass is 431 g/mol. The van der Waals surface area contributed by atoms with E-state index in [0.717, 1.165) is 31.5 Å². The second-order valence-corrected chi connectivity index (χ2v) is 9.77. The summed E-state index contributed by atoms with van der Waals surface area (Å²) >= 11 is 0. The van der Waals surface area contributed by atoms with Crippen LogP contribution < -0.4 is 0 Å². The molecule has 2 atom stereocenters. The fraction of sp³-hybridized carbons (Fsp3) is 0.778. The van der Waals surface area contributed by atoms with E-state index in [-0.39, 0.29) is 18.0 Å². The lowest BCUT2D eigenvalue weighted by atomic mass is 9.77. The Morgan fingerprint density at radius 1 is 1.00 bits per heavy atom. The van der Waals surface area contributed by atoms with Gasteiger partial charge in [-0.2, -0.15) is 0 Å². The molecular weight excluding hydrogens is 386 g/mol. The number of esters is 1. The number of ether oxygens (including phenoxy) is 1. The standard InChI is InChI=1S/C27H45NO3/c1-5-7-9-11-13-15-19-28(18-14-12-10-8-6-2)25(29)23-20-24-27(21-23,26(30)31-24)17-16-22(3)4/h16,21,24H,5-15,17-20H2,1-4H3/t24-,27+/m0/s1. The molecule has 0 radical (unpaired) electrons. The lowest BCUT2D eigenvalue weighted by molar-refractivity contribution is -0.194. The van der Waals surface area contributed by atoms with Gasteiger partial charge in [-0.15, -0.1) is 0 Å². The molecule has 4 heteroatoms. The van der Waals surface area contributed by atoms with Crippen LogP contribution in [0, 0.1) is 5.41 Å². The summed E-state index contributed by atoms with van der Waals surface area (Å²) in [5.41, 5.74) is 1.38. The molecule has 31 heavy (non-hydrogen) atoms. The summed E-state index contributed by atoms with van der Waals surface area (Å²) in [6.45, 7) is 10.2. The predicted molar refractivity (Wildman–Crippen MR) is 128 cm³/mol. The second-order valence-electron chi connectivity index (χ2n) is 9.77. The molecule has 0 aromatic heterocycles. The van der Waals surface area contributed by atoms with Gasteiger partial charge in [-0.3, -0.25) is 9.59 Å². The molecule has 1 amide bonds. The molecule has 1 fully saturated rings. The van der Waals surface area contributed by atoms with Gasteiger partial charge in [0, 0.05) is 25.1 Å². The molecule has 0 saturated carbocycles. The van der Waals surface area contributed by atoms with E-state index in [1.54, 1.807) is 0 Å². The van der Waals surface area contributed by atoms with Gasteiger partial charge < -0.3 is 9.64 Å². The van der Waals surface area contributed by atoms with Crippen LogP contribution in [0.25, 0.3) is 0 Å². The van der Waals surface area contributed by atoms with Gasteiger partial charge in [-0.05, 0) is 33.1 Å². The minimum atomic E-state index is -0.602. The van der Waals surface area contributed by atoms with Crippen molar-refractivity contribution in [1.29, 1.82) is 0 Å². The first-order chi connectivity index (χ1) is 14.9. The van der Waals surface area contributed by atoms with Gasteiger partial charge in [0.15, 0.2) is 0 Å². The zero-order valence-corrected chi connectivity index (χ0v) is 20.5. The molecule has 0 spiro atoms. The van der Waals surface area contributed by atoms with Crippen LogP contribution in [-0.4, -0.2) is 36.0 Å². The maximum absolute atomic E-state index is 13.4. The van der Waals surface area contributed by atoms with Gasteiger partial charge >= 0.3 is 5.97 Å². The molecule has 4 nitrogen and oxygen atoms in total. The van der Waals surface area contributed by atoms with Gasteiger partial charge in [-0.1, -0.05) is 89.4 Å². The number of amides is 1. The number of rotatable bonds is 16. The number of carbonyl (C=O) groups excluding carboxylic acids is 2. The smallest absolute Gasteiger partial charge is 0.320 e. The topological polar surface area (TPSA) is 46.6 Å². The first kappa shape index (κ1) is 25.7. The van der Waals surface area contributed by atoms with Crippen LogP contribution in [0.1, 0.15) is 111 Å². The van der Waals surface area contributed by atoms with Crippen molar-refractivity contribution in [3.63, 3.8) is 0 Å². The maximum Gasteiger partial charge on any atom is 0.320 e. The van der Waals surface area contributed by atoms with Gasteiger partial charge in [0.2, 0.25) is 5.91 Å². The molecule has 1 saturated heterocycles. The molecule has 2 rings (SSSR count). The minimum Gasteiger partial charge on any atom is -0.460 e. The van der Waals surface area contributed by atoms with E-state index >= 15 is 0 Å². The first-order valence-corrected chi connectivity index (χ1v) is 12.8. The normalized spacial score (nSPS) is 21.7. The molecule has 0 aromatic carbocycles. The number of hydrogen-bond acceptors (Lipinski definition) is 3. The van der Waals surface area contributed by atoms with Crippen molar-refractivity contribution in [3.8, 4) is 0 Å². The van der Waals surface area contributed by atoms with Crippen LogP contribution in [0.2, 0.25) is 0 Å². The summed E-state index contributed by atoms with van der Waals surface area (Å²) in [7, 11) is 0. The van der Waals surface area contributed by atoms with Gasteiger partial charge in [0.05, 0.1) is 0 Å². The van der Waals surface area contributed by atoms with Gasteiger partial charge in [-0.25, -0.2) is 0 Å². The SMILES string of the molecule is CCCCCCCCN(CCCCCCC)C(=O)C1=C[C@@]2(CC=C(C)C)C(=O)O[C@H]2C1. The highest BCUT2D eigenvalue weighted by atomic mass is 16.6. The number of allylic oxidation sites excluding steroid dienone is 2. The fourth-order valence-electron chi connectivity index (χ4n) is 4.67. The Labute approximate surface area is 190 Å². The third-order valence-corrected chi connectivity index (χ3v) is 6.76. The number of hydrogen-bond donors (Lipinski definition) is 0. The third-order valence-electron chi connectivity index (χ3n) is 6.76. The molecular formula is C27H45NO3. The molecule has 176 valence electrons. The van der Waals surface area contributed by atoms with E-state index in [4.69, 9.17) is 4.74 Å². The van der Waals surface area contributed by atoms with Gasteiger partial charge in [0.1, 0.15) is 11.5 Å². The Balaban J connectivity index is 1.98. The van der Waals surface area contributed by atoms with E-state index in [1.165, 1.54) is 63.4 Å². The summed E-state index contributed by atoms with van der Waals surface area (Å²) in [5.74, 6) is -0.0359. The maximum atomic E-state index is 13.4. The van der Waals surface area contributed by atoms with Crippen molar-refractivity contribution in [2.75, 3.05) is 13.1 Å². The molecule has 0 unspecified atom stereocenters. The Morgan fingerprint density at radius 3 is 2.06 bits per heavy atom. The van der Waals surface area contributed by atoms with Crippen LogP contribution in [0.15, 0.2) is 23.3 Å². The number of fused-ring (bicyclic) bond motifs is 1. The average molecular weight is 432 g/mol. The Bertz CT molecular complexity index is 647. The minimum absolute atomic E-state index is 0.131. The van der Waals surface area contributed by atoms with Crippen LogP contribution in [0.5, 0.6) is 0 Å². The van der Waals surface area contributed by atoms with Crippen molar-refractivity contribution in [3.05, 3.63) is 23.3 Å². The lowest BCUT2D eigenvalue weighted by Gasteiger charge is -2.41. The summed E-state index contributed by atoms with van der Waals surface area (Å²) in [5, 5.41) is 0. The highest BCUT2D eigenvalue weighted by Gasteiger charge is 2.60. The van der Waals surface area contributed by atoms with Crippen molar-refractivity contribution < 1.29 is 14.3 Å². The van der Waals surface area contributed by atoms with E-state index in [9.17, 15) is 9.59 Å². The Morgan fingerprint density at radius 2 is 1.55 bits per heavy atom. The molecule has 0 aromatic rings. The summed E-state index contributed by atoms with van der Waals surface area (Å²) in [6.07, 6.45) is 18.5. The molecule has 1 aliphatic heterocycles. The quantitative estimate of drug-likeness (QED) is 0.154.